The zero-order chi connectivity index (χ0) is 16.2. The van der Waals surface area contributed by atoms with Crippen LogP contribution in [0.25, 0.3) is 0 Å². The topological polar surface area (TPSA) is 41.5 Å². The van der Waals surface area contributed by atoms with Crippen LogP contribution in [-0.4, -0.2) is 31.5 Å². The summed E-state index contributed by atoms with van der Waals surface area (Å²) in [7, 11) is 0. The number of rotatable bonds is 5. The molecule has 1 atom stereocenters. The van der Waals surface area contributed by atoms with Gasteiger partial charge in [-0.3, -0.25) is 0 Å². The van der Waals surface area contributed by atoms with Gasteiger partial charge in [-0.15, -0.1) is 0 Å². The average Bonchev–Trinajstić information content (AvgIpc) is 2.53. The molecule has 1 saturated heterocycles. The van der Waals surface area contributed by atoms with E-state index in [-0.39, 0.29) is 17.4 Å². The predicted octanol–water partition coefficient (Wildman–Crippen LogP) is 3.42. The van der Waals surface area contributed by atoms with Gasteiger partial charge in [0.1, 0.15) is 0 Å². The quantitative estimate of drug-likeness (QED) is 0.876. The Hall–Kier alpha value is -0.900. The lowest BCUT2D eigenvalue weighted by Gasteiger charge is -2.36. The summed E-state index contributed by atoms with van der Waals surface area (Å²) < 4.78 is 5.42. The van der Waals surface area contributed by atoms with Gasteiger partial charge >= 0.3 is 0 Å². The molecule has 0 radical (unpaired) electrons. The van der Waals surface area contributed by atoms with Gasteiger partial charge in [-0.25, -0.2) is 0 Å². The maximum absolute atomic E-state index is 9.76. The molecule has 0 aliphatic carbocycles. The molecule has 1 heterocycles. The van der Waals surface area contributed by atoms with E-state index in [1.54, 1.807) is 0 Å². The van der Waals surface area contributed by atoms with Crippen molar-refractivity contribution in [2.45, 2.75) is 52.0 Å². The fourth-order valence-corrected chi connectivity index (χ4v) is 2.95. The minimum absolute atomic E-state index is 0.0160. The van der Waals surface area contributed by atoms with E-state index in [0.29, 0.717) is 6.04 Å². The molecule has 124 valence electrons. The minimum atomic E-state index is -0.0160. The number of hydrogen-bond acceptors (Lipinski definition) is 3. The maximum atomic E-state index is 9.76. The summed E-state index contributed by atoms with van der Waals surface area (Å²) in [6, 6.07) is 9.18. The van der Waals surface area contributed by atoms with Gasteiger partial charge in [0, 0.05) is 31.2 Å². The number of hydrogen-bond donors (Lipinski definition) is 2. The lowest BCUT2D eigenvalue weighted by Crippen LogP contribution is -2.42. The van der Waals surface area contributed by atoms with Crippen LogP contribution in [0.15, 0.2) is 24.3 Å². The van der Waals surface area contributed by atoms with Gasteiger partial charge in [-0.2, -0.15) is 0 Å². The lowest BCUT2D eigenvalue weighted by molar-refractivity contribution is -0.0163. The Labute approximate surface area is 135 Å². The van der Waals surface area contributed by atoms with E-state index in [4.69, 9.17) is 4.74 Å². The summed E-state index contributed by atoms with van der Waals surface area (Å²) in [5.41, 5.74) is 2.84. The number of aliphatic hydroxyl groups excluding tert-OH is 1. The Morgan fingerprint density at radius 3 is 2.27 bits per heavy atom. The van der Waals surface area contributed by atoms with Crippen molar-refractivity contribution in [3.63, 3.8) is 0 Å². The molecule has 1 aliphatic heterocycles. The first-order valence-corrected chi connectivity index (χ1v) is 8.39. The molecule has 2 rings (SSSR count). The SMILES string of the molecule is CC(NCC1(CO)CCOCC1)c1ccc(C(C)(C)C)cc1. The van der Waals surface area contributed by atoms with Crippen molar-refractivity contribution in [3.8, 4) is 0 Å². The Morgan fingerprint density at radius 1 is 1.18 bits per heavy atom. The van der Waals surface area contributed by atoms with Crippen LogP contribution in [-0.2, 0) is 10.2 Å². The Balaban J connectivity index is 1.95. The van der Waals surface area contributed by atoms with Crippen molar-refractivity contribution in [1.82, 2.24) is 5.32 Å². The second kappa shape index (κ2) is 7.12. The fourth-order valence-electron chi connectivity index (χ4n) is 2.95. The van der Waals surface area contributed by atoms with Crippen molar-refractivity contribution >= 4 is 0 Å². The van der Waals surface area contributed by atoms with E-state index in [1.807, 2.05) is 0 Å². The summed E-state index contributed by atoms with van der Waals surface area (Å²) in [4.78, 5) is 0. The number of aliphatic hydroxyl groups is 1. The molecule has 1 aromatic carbocycles. The molecule has 1 aliphatic rings. The smallest absolute Gasteiger partial charge is 0.0501 e. The van der Waals surface area contributed by atoms with Crippen molar-refractivity contribution in [1.29, 1.82) is 0 Å². The van der Waals surface area contributed by atoms with E-state index in [2.05, 4.69) is 57.3 Å². The summed E-state index contributed by atoms with van der Waals surface area (Å²) in [5, 5.41) is 13.4. The zero-order valence-electron chi connectivity index (χ0n) is 14.5. The highest BCUT2D eigenvalue weighted by molar-refractivity contribution is 5.29. The first-order chi connectivity index (χ1) is 10.4. The second-order valence-electron chi connectivity index (χ2n) is 7.75. The molecule has 1 unspecified atom stereocenters. The van der Waals surface area contributed by atoms with E-state index >= 15 is 0 Å². The molecule has 22 heavy (non-hydrogen) atoms. The van der Waals surface area contributed by atoms with E-state index in [0.717, 1.165) is 32.6 Å². The first-order valence-electron chi connectivity index (χ1n) is 8.39. The number of ether oxygens (including phenoxy) is 1. The molecule has 0 spiro atoms. The Bertz CT molecular complexity index is 455. The molecular formula is C19H31NO2. The van der Waals surface area contributed by atoms with Crippen LogP contribution in [0, 0.1) is 5.41 Å². The van der Waals surface area contributed by atoms with Crippen LogP contribution >= 0.6 is 0 Å². The highest BCUT2D eigenvalue weighted by Gasteiger charge is 2.32. The van der Waals surface area contributed by atoms with Crippen LogP contribution in [0.3, 0.4) is 0 Å². The van der Waals surface area contributed by atoms with Gasteiger partial charge in [-0.1, -0.05) is 45.0 Å². The molecule has 1 aromatic rings. The Morgan fingerprint density at radius 2 is 1.77 bits per heavy atom. The molecule has 3 heteroatoms. The van der Waals surface area contributed by atoms with Gasteiger partial charge < -0.3 is 15.2 Å². The van der Waals surface area contributed by atoms with Gasteiger partial charge in [-0.05, 0) is 36.3 Å². The molecule has 3 nitrogen and oxygen atoms in total. The fraction of sp³-hybridized carbons (Fsp3) is 0.684. The summed E-state index contributed by atoms with van der Waals surface area (Å²) in [6.45, 7) is 11.5. The average molecular weight is 305 g/mol. The molecule has 2 N–H and O–H groups in total. The van der Waals surface area contributed by atoms with Crippen molar-refractivity contribution in [3.05, 3.63) is 35.4 Å². The van der Waals surface area contributed by atoms with E-state index in [1.165, 1.54) is 11.1 Å². The largest absolute Gasteiger partial charge is 0.396 e. The molecule has 0 bridgehead atoms. The third-order valence-corrected chi connectivity index (χ3v) is 4.95. The van der Waals surface area contributed by atoms with Crippen LogP contribution in [0.2, 0.25) is 0 Å². The van der Waals surface area contributed by atoms with Gasteiger partial charge in [0.15, 0.2) is 0 Å². The third-order valence-electron chi connectivity index (χ3n) is 4.95. The maximum Gasteiger partial charge on any atom is 0.0501 e. The molecule has 0 amide bonds. The van der Waals surface area contributed by atoms with E-state index < -0.39 is 0 Å². The summed E-state index contributed by atoms with van der Waals surface area (Å²) >= 11 is 0. The van der Waals surface area contributed by atoms with Crippen molar-refractivity contribution in [2.24, 2.45) is 5.41 Å². The molecule has 0 saturated carbocycles. The minimum Gasteiger partial charge on any atom is -0.396 e. The summed E-state index contributed by atoms with van der Waals surface area (Å²) in [5.74, 6) is 0. The van der Waals surface area contributed by atoms with Gasteiger partial charge in [0.05, 0.1) is 6.61 Å². The Kier molecular flexibility index (Phi) is 5.65. The highest BCUT2D eigenvalue weighted by Crippen LogP contribution is 2.30. The van der Waals surface area contributed by atoms with Crippen molar-refractivity contribution in [2.75, 3.05) is 26.4 Å². The monoisotopic (exact) mass is 305 g/mol. The normalized spacial score (nSPS) is 19.9. The van der Waals surface area contributed by atoms with Crippen LogP contribution in [0.1, 0.15) is 57.7 Å². The van der Waals surface area contributed by atoms with Gasteiger partial charge in [0.25, 0.3) is 0 Å². The van der Waals surface area contributed by atoms with Crippen LogP contribution < -0.4 is 5.32 Å². The standard InChI is InChI=1S/C19H31NO2/c1-15(16-5-7-17(8-6-16)18(2,3)4)20-13-19(14-21)9-11-22-12-10-19/h5-8,15,20-21H,9-14H2,1-4H3. The van der Waals surface area contributed by atoms with Crippen LogP contribution in [0.4, 0.5) is 0 Å². The third kappa shape index (κ3) is 4.31. The second-order valence-corrected chi connectivity index (χ2v) is 7.75. The van der Waals surface area contributed by atoms with E-state index in [9.17, 15) is 5.11 Å². The van der Waals surface area contributed by atoms with Crippen LogP contribution in [0.5, 0.6) is 0 Å². The summed E-state index contributed by atoms with van der Waals surface area (Å²) in [6.07, 6.45) is 1.87. The predicted molar refractivity (Wildman–Crippen MR) is 91.1 cm³/mol. The molecule has 1 fully saturated rings. The lowest BCUT2D eigenvalue weighted by atomic mass is 9.80. The zero-order valence-corrected chi connectivity index (χ0v) is 14.5. The number of benzene rings is 1. The molecule has 0 aromatic heterocycles. The van der Waals surface area contributed by atoms with Crippen molar-refractivity contribution < 1.29 is 9.84 Å². The number of nitrogens with one attached hydrogen (secondary N) is 1. The van der Waals surface area contributed by atoms with Gasteiger partial charge in [0.2, 0.25) is 0 Å². The molecular weight excluding hydrogens is 274 g/mol. The first kappa shape index (κ1) is 17.5. The highest BCUT2D eigenvalue weighted by atomic mass is 16.5.